The molecule has 25 heavy (non-hydrogen) atoms. The summed E-state index contributed by atoms with van der Waals surface area (Å²) in [6, 6.07) is 11.5. The molecule has 4 rings (SSSR count). The number of carbonyl (C=O) groups is 1. The maximum Gasteiger partial charge on any atom is 0.231 e. The van der Waals surface area contributed by atoms with E-state index in [0.717, 1.165) is 45.3 Å². The summed E-state index contributed by atoms with van der Waals surface area (Å²) in [7, 11) is 0. The molecule has 0 unspecified atom stereocenters. The molecule has 0 aromatic heterocycles. The molecule has 2 aliphatic rings. The highest BCUT2D eigenvalue weighted by Crippen LogP contribution is 2.36. The normalized spacial score (nSPS) is 15.0. The number of hydrogen-bond donors (Lipinski definition) is 1. The SMILES string of the molecule is CC(=O)Nc1ccc(C2=NN=C(C)Cc3cc4c(cc32)OCO4)cc1. The van der Waals surface area contributed by atoms with Crippen LogP contribution in [0.3, 0.4) is 0 Å². The minimum absolute atomic E-state index is 0.0992. The van der Waals surface area contributed by atoms with E-state index in [-0.39, 0.29) is 12.7 Å². The predicted molar refractivity (Wildman–Crippen MR) is 95.8 cm³/mol. The topological polar surface area (TPSA) is 72.3 Å². The molecule has 2 aromatic carbocycles. The third-order valence-electron chi connectivity index (χ3n) is 4.10. The van der Waals surface area contributed by atoms with Crippen LogP contribution in [0.2, 0.25) is 0 Å². The first-order valence-corrected chi connectivity index (χ1v) is 8.02. The molecule has 0 bridgehead atoms. The smallest absolute Gasteiger partial charge is 0.231 e. The first-order valence-electron chi connectivity index (χ1n) is 8.02. The predicted octanol–water partition coefficient (Wildman–Crippen LogP) is 3.14. The van der Waals surface area contributed by atoms with Crippen LogP contribution in [0.15, 0.2) is 46.6 Å². The third-order valence-corrected chi connectivity index (χ3v) is 4.10. The minimum atomic E-state index is -0.0992. The summed E-state index contributed by atoms with van der Waals surface area (Å²) in [5.41, 5.74) is 5.47. The van der Waals surface area contributed by atoms with Gasteiger partial charge in [-0.05, 0) is 36.8 Å². The summed E-state index contributed by atoms with van der Waals surface area (Å²) in [6.07, 6.45) is 0.711. The Balaban J connectivity index is 1.78. The summed E-state index contributed by atoms with van der Waals surface area (Å²) in [6.45, 7) is 3.68. The highest BCUT2D eigenvalue weighted by Gasteiger charge is 2.22. The monoisotopic (exact) mass is 335 g/mol. The zero-order valence-corrected chi connectivity index (χ0v) is 14.0. The van der Waals surface area contributed by atoms with E-state index in [0.29, 0.717) is 6.42 Å². The first kappa shape index (κ1) is 15.4. The van der Waals surface area contributed by atoms with E-state index >= 15 is 0 Å². The van der Waals surface area contributed by atoms with Crippen LogP contribution >= 0.6 is 0 Å². The molecule has 0 saturated carbocycles. The van der Waals surface area contributed by atoms with Gasteiger partial charge in [-0.2, -0.15) is 5.10 Å². The van der Waals surface area contributed by atoms with Crippen LogP contribution < -0.4 is 14.8 Å². The van der Waals surface area contributed by atoms with Gasteiger partial charge >= 0.3 is 0 Å². The lowest BCUT2D eigenvalue weighted by molar-refractivity contribution is -0.114. The zero-order chi connectivity index (χ0) is 17.4. The average molecular weight is 335 g/mol. The number of carbonyl (C=O) groups excluding carboxylic acids is 1. The van der Waals surface area contributed by atoms with Crippen molar-refractivity contribution in [1.82, 2.24) is 0 Å². The molecule has 0 fully saturated rings. The fraction of sp³-hybridized carbons (Fsp3) is 0.211. The van der Waals surface area contributed by atoms with Crippen LogP contribution in [-0.4, -0.2) is 24.1 Å². The van der Waals surface area contributed by atoms with E-state index in [1.807, 2.05) is 43.3 Å². The van der Waals surface area contributed by atoms with Crippen LogP contribution in [0, 0.1) is 0 Å². The Bertz CT molecular complexity index is 914. The van der Waals surface area contributed by atoms with Crippen molar-refractivity contribution in [3.05, 3.63) is 53.1 Å². The van der Waals surface area contributed by atoms with Gasteiger partial charge in [0.05, 0.1) is 0 Å². The van der Waals surface area contributed by atoms with Crippen molar-refractivity contribution in [3.8, 4) is 11.5 Å². The summed E-state index contributed by atoms with van der Waals surface area (Å²) < 4.78 is 11.0. The van der Waals surface area contributed by atoms with Crippen molar-refractivity contribution in [1.29, 1.82) is 0 Å². The summed E-state index contributed by atoms with van der Waals surface area (Å²) in [4.78, 5) is 11.2. The molecule has 0 atom stereocenters. The van der Waals surface area contributed by atoms with E-state index in [9.17, 15) is 4.79 Å². The molecule has 1 N–H and O–H groups in total. The fourth-order valence-corrected chi connectivity index (χ4v) is 2.98. The number of fused-ring (bicyclic) bond motifs is 2. The number of nitrogens with zero attached hydrogens (tertiary/aromatic N) is 2. The molecule has 2 heterocycles. The van der Waals surface area contributed by atoms with Gasteiger partial charge in [0.1, 0.15) is 5.71 Å². The van der Waals surface area contributed by atoms with Gasteiger partial charge in [0, 0.05) is 35.9 Å². The van der Waals surface area contributed by atoms with Crippen molar-refractivity contribution >= 4 is 23.0 Å². The van der Waals surface area contributed by atoms with E-state index in [1.54, 1.807) is 0 Å². The lowest BCUT2D eigenvalue weighted by atomic mass is 9.94. The second-order valence-electron chi connectivity index (χ2n) is 6.08. The summed E-state index contributed by atoms with van der Waals surface area (Å²) in [5.74, 6) is 1.38. The van der Waals surface area contributed by atoms with Crippen molar-refractivity contribution < 1.29 is 14.3 Å². The number of ether oxygens (including phenoxy) is 2. The Labute approximate surface area is 145 Å². The molecule has 0 radical (unpaired) electrons. The second-order valence-corrected chi connectivity index (χ2v) is 6.08. The van der Waals surface area contributed by atoms with Gasteiger partial charge in [-0.15, -0.1) is 5.10 Å². The molecule has 0 saturated heterocycles. The van der Waals surface area contributed by atoms with Gasteiger partial charge in [-0.25, -0.2) is 0 Å². The zero-order valence-electron chi connectivity index (χ0n) is 14.0. The number of amides is 1. The Morgan fingerprint density at radius 3 is 2.52 bits per heavy atom. The number of nitrogens with one attached hydrogen (secondary N) is 1. The number of benzene rings is 2. The molecule has 2 aliphatic heterocycles. The molecule has 6 heteroatoms. The van der Waals surface area contributed by atoms with E-state index < -0.39 is 0 Å². The maximum absolute atomic E-state index is 11.2. The van der Waals surface area contributed by atoms with Crippen LogP contribution in [0.25, 0.3) is 0 Å². The van der Waals surface area contributed by atoms with Gasteiger partial charge < -0.3 is 14.8 Å². The number of anilines is 1. The van der Waals surface area contributed by atoms with E-state index in [2.05, 4.69) is 15.5 Å². The number of rotatable bonds is 2. The molecular weight excluding hydrogens is 318 g/mol. The molecule has 126 valence electrons. The van der Waals surface area contributed by atoms with E-state index in [1.165, 1.54) is 6.92 Å². The highest BCUT2D eigenvalue weighted by molar-refractivity contribution is 6.15. The standard InChI is InChI=1S/C19H17N3O3/c1-11-7-14-8-17-18(25-10-24-17)9-16(14)19(22-21-11)13-3-5-15(6-4-13)20-12(2)23/h3-6,8-9H,7,10H2,1-2H3,(H,20,23). The van der Waals surface area contributed by atoms with Crippen molar-refractivity contribution in [3.63, 3.8) is 0 Å². The Kier molecular flexibility index (Phi) is 3.72. The van der Waals surface area contributed by atoms with Gasteiger partial charge in [-0.3, -0.25) is 4.79 Å². The van der Waals surface area contributed by atoms with Crippen molar-refractivity contribution in [2.45, 2.75) is 20.3 Å². The average Bonchev–Trinajstić information content (AvgIpc) is 2.96. The Morgan fingerprint density at radius 2 is 1.80 bits per heavy atom. The summed E-state index contributed by atoms with van der Waals surface area (Å²) in [5, 5.41) is 11.5. The molecule has 6 nitrogen and oxygen atoms in total. The van der Waals surface area contributed by atoms with E-state index in [4.69, 9.17) is 9.47 Å². The van der Waals surface area contributed by atoms with Crippen LogP contribution in [0.1, 0.15) is 30.5 Å². The van der Waals surface area contributed by atoms with Gasteiger partial charge in [0.25, 0.3) is 0 Å². The lowest BCUT2D eigenvalue weighted by Crippen LogP contribution is -2.08. The number of hydrogen-bond acceptors (Lipinski definition) is 5. The van der Waals surface area contributed by atoms with Crippen LogP contribution in [0.5, 0.6) is 11.5 Å². The van der Waals surface area contributed by atoms with Crippen LogP contribution in [0.4, 0.5) is 5.69 Å². The quantitative estimate of drug-likeness (QED) is 0.916. The second kappa shape index (κ2) is 6.05. The molecule has 0 aliphatic carbocycles. The van der Waals surface area contributed by atoms with Crippen LogP contribution in [-0.2, 0) is 11.2 Å². The van der Waals surface area contributed by atoms with Gasteiger partial charge in [0.15, 0.2) is 11.5 Å². The molecule has 2 aromatic rings. The fourth-order valence-electron chi connectivity index (χ4n) is 2.98. The van der Waals surface area contributed by atoms with Gasteiger partial charge in [0.2, 0.25) is 12.7 Å². The Hall–Kier alpha value is -3.15. The summed E-state index contributed by atoms with van der Waals surface area (Å²) >= 11 is 0. The lowest BCUT2D eigenvalue weighted by Gasteiger charge is -2.11. The molecule has 1 amide bonds. The van der Waals surface area contributed by atoms with Crippen molar-refractivity contribution in [2.24, 2.45) is 10.2 Å². The maximum atomic E-state index is 11.2. The first-order chi connectivity index (χ1) is 12.1. The molecular formula is C19H17N3O3. The third kappa shape index (κ3) is 2.98. The molecule has 0 spiro atoms. The minimum Gasteiger partial charge on any atom is -0.454 e. The van der Waals surface area contributed by atoms with Gasteiger partial charge in [-0.1, -0.05) is 12.1 Å². The Morgan fingerprint density at radius 1 is 1.08 bits per heavy atom. The van der Waals surface area contributed by atoms with Crippen molar-refractivity contribution in [2.75, 3.05) is 12.1 Å². The largest absolute Gasteiger partial charge is 0.454 e. The highest BCUT2D eigenvalue weighted by atomic mass is 16.7.